The Kier molecular flexibility index (Phi) is 4.59. The van der Waals surface area contributed by atoms with Gasteiger partial charge in [0.15, 0.2) is 5.78 Å². The Bertz CT molecular complexity index is 965. The molecule has 0 N–H and O–H groups in total. The third-order valence-corrected chi connectivity index (χ3v) is 4.50. The molecular formula is C17H11F3O5S. The number of fused-ring (bicyclic) bond motifs is 1. The minimum Gasteiger partial charge on any atom is -0.458 e. The second-order valence-corrected chi connectivity index (χ2v) is 6.85. The van der Waals surface area contributed by atoms with Crippen LogP contribution in [-0.2, 0) is 14.3 Å². The van der Waals surface area contributed by atoms with Crippen LogP contribution < -0.4 is 4.74 Å². The first-order chi connectivity index (χ1) is 12.2. The zero-order chi connectivity index (χ0) is 18.9. The van der Waals surface area contributed by atoms with Crippen molar-refractivity contribution < 1.29 is 35.3 Å². The number of carbonyl (C=O) groups is 1. The lowest BCUT2D eigenvalue weighted by Gasteiger charge is -2.27. The van der Waals surface area contributed by atoms with Crippen LogP contribution in [0.4, 0.5) is 13.2 Å². The zero-order valence-electron chi connectivity index (χ0n) is 12.9. The van der Waals surface area contributed by atoms with E-state index in [2.05, 4.69) is 4.18 Å². The highest BCUT2D eigenvalue weighted by Gasteiger charge is 2.50. The van der Waals surface area contributed by atoms with E-state index in [-0.39, 0.29) is 16.9 Å². The van der Waals surface area contributed by atoms with Crippen molar-refractivity contribution in [2.45, 2.75) is 11.8 Å². The molecule has 2 aromatic carbocycles. The van der Waals surface area contributed by atoms with Gasteiger partial charge in [0, 0.05) is 0 Å². The smallest absolute Gasteiger partial charge is 0.458 e. The van der Waals surface area contributed by atoms with Crippen LogP contribution in [0.2, 0.25) is 0 Å². The van der Waals surface area contributed by atoms with E-state index in [0.717, 1.165) is 0 Å². The minimum absolute atomic E-state index is 0.0647. The Morgan fingerprint density at radius 3 is 2.27 bits per heavy atom. The molecule has 9 heteroatoms. The maximum Gasteiger partial charge on any atom is 0.523 e. The van der Waals surface area contributed by atoms with E-state index in [1.54, 1.807) is 36.4 Å². The van der Waals surface area contributed by atoms with Gasteiger partial charge in [-0.15, -0.1) is 0 Å². The quantitative estimate of drug-likeness (QED) is 0.460. The number of halogens is 3. The zero-order valence-corrected chi connectivity index (χ0v) is 13.8. The largest absolute Gasteiger partial charge is 0.523 e. The van der Waals surface area contributed by atoms with Gasteiger partial charge in [0.2, 0.25) is 6.29 Å². The molecule has 1 unspecified atom stereocenters. The van der Waals surface area contributed by atoms with Crippen molar-refractivity contribution in [2.75, 3.05) is 0 Å². The molecular weight excluding hydrogens is 373 g/mol. The van der Waals surface area contributed by atoms with Crippen LogP contribution in [0.1, 0.15) is 15.9 Å². The lowest BCUT2D eigenvalue weighted by Crippen LogP contribution is -2.38. The van der Waals surface area contributed by atoms with Crippen molar-refractivity contribution >= 4 is 22.0 Å². The maximum atomic E-state index is 12.7. The first kappa shape index (κ1) is 18.2. The highest BCUT2D eigenvalue weighted by Crippen LogP contribution is 2.35. The first-order valence-corrected chi connectivity index (χ1v) is 8.66. The van der Waals surface area contributed by atoms with Gasteiger partial charge in [-0.2, -0.15) is 21.6 Å². The number of ketones is 1. The predicted molar refractivity (Wildman–Crippen MR) is 85.7 cm³/mol. The van der Waals surface area contributed by atoms with E-state index in [1.807, 2.05) is 0 Å². The number of para-hydroxylation sites is 1. The number of hydrogen-bond acceptors (Lipinski definition) is 5. The number of alkyl halides is 3. The summed E-state index contributed by atoms with van der Waals surface area (Å²) >= 11 is 0. The summed E-state index contributed by atoms with van der Waals surface area (Å²) in [7, 11) is -5.97. The summed E-state index contributed by atoms with van der Waals surface area (Å²) in [4.78, 5) is 12.7. The molecule has 3 rings (SSSR count). The fraction of sp³-hybridized carbons (Fsp3) is 0.118. The topological polar surface area (TPSA) is 69.7 Å². The summed E-state index contributed by atoms with van der Waals surface area (Å²) < 4.78 is 70.1. The van der Waals surface area contributed by atoms with E-state index in [1.165, 1.54) is 24.3 Å². The molecule has 5 nitrogen and oxygen atoms in total. The number of benzene rings is 2. The Balaban J connectivity index is 2.08. The summed E-state index contributed by atoms with van der Waals surface area (Å²) in [6.07, 6.45) is -0.821. The van der Waals surface area contributed by atoms with Crippen molar-refractivity contribution in [3.05, 3.63) is 71.3 Å². The molecule has 1 aliphatic rings. The standard InChI is InChI=1S/C17H11F3O5S/c18-17(19,20)26(22,23)25-16-13(10-11-6-2-1-3-7-11)15(21)12-8-4-5-9-14(12)24-16/h1-10,16H/b13-10+. The molecule has 1 heterocycles. The van der Waals surface area contributed by atoms with Crippen molar-refractivity contribution in [3.63, 3.8) is 0 Å². The van der Waals surface area contributed by atoms with Crippen LogP contribution >= 0.6 is 0 Å². The van der Waals surface area contributed by atoms with Crippen molar-refractivity contribution in [1.29, 1.82) is 0 Å². The van der Waals surface area contributed by atoms with Crippen LogP contribution in [0.3, 0.4) is 0 Å². The minimum atomic E-state index is -5.97. The third-order valence-electron chi connectivity index (χ3n) is 3.50. The monoisotopic (exact) mass is 384 g/mol. The number of rotatable bonds is 3. The van der Waals surface area contributed by atoms with E-state index in [0.29, 0.717) is 5.56 Å². The summed E-state index contributed by atoms with van der Waals surface area (Å²) in [6.45, 7) is 0. The SMILES string of the molecule is O=C1/C(=C\c2ccccc2)C(OS(=O)(=O)C(F)(F)F)Oc2ccccc21. The van der Waals surface area contributed by atoms with Crippen LogP contribution in [0.25, 0.3) is 6.08 Å². The summed E-state index contributed by atoms with van der Waals surface area (Å²) in [5.41, 5.74) is -5.44. The lowest BCUT2D eigenvalue weighted by atomic mass is 9.97. The molecule has 0 amide bonds. The molecule has 136 valence electrons. The highest BCUT2D eigenvalue weighted by molar-refractivity contribution is 7.87. The summed E-state index contributed by atoms with van der Waals surface area (Å²) in [5, 5.41) is 0. The Morgan fingerprint density at radius 1 is 1.00 bits per heavy atom. The van der Waals surface area contributed by atoms with Gasteiger partial charge in [-0.3, -0.25) is 4.79 Å². The maximum absolute atomic E-state index is 12.7. The number of Topliss-reactive ketones (excluding diaryl/α,β-unsaturated/α-hetero) is 1. The number of ether oxygens (including phenoxy) is 1. The second kappa shape index (κ2) is 6.58. The average Bonchev–Trinajstić information content (AvgIpc) is 2.58. The summed E-state index contributed by atoms with van der Waals surface area (Å²) in [5.74, 6) is -0.747. The number of hydrogen-bond donors (Lipinski definition) is 0. The van der Waals surface area contributed by atoms with Gasteiger partial charge >= 0.3 is 15.6 Å². The summed E-state index contributed by atoms with van der Waals surface area (Å²) in [6, 6.07) is 14.0. The van der Waals surface area contributed by atoms with Gasteiger partial charge in [-0.05, 0) is 23.8 Å². The lowest BCUT2D eigenvalue weighted by molar-refractivity contribution is -0.0670. The van der Waals surface area contributed by atoms with Gasteiger partial charge in [0.05, 0.1) is 11.1 Å². The molecule has 0 spiro atoms. The fourth-order valence-corrected chi connectivity index (χ4v) is 2.78. The van der Waals surface area contributed by atoms with Crippen LogP contribution in [0.5, 0.6) is 5.75 Å². The van der Waals surface area contributed by atoms with E-state index >= 15 is 0 Å². The van der Waals surface area contributed by atoms with Crippen LogP contribution in [0, 0.1) is 0 Å². The van der Waals surface area contributed by atoms with Gasteiger partial charge in [0.25, 0.3) is 0 Å². The molecule has 26 heavy (non-hydrogen) atoms. The molecule has 0 saturated carbocycles. The Morgan fingerprint density at radius 2 is 1.62 bits per heavy atom. The van der Waals surface area contributed by atoms with Gasteiger partial charge in [-0.1, -0.05) is 42.5 Å². The molecule has 0 aliphatic carbocycles. The van der Waals surface area contributed by atoms with Gasteiger partial charge < -0.3 is 4.74 Å². The van der Waals surface area contributed by atoms with E-state index in [9.17, 15) is 26.4 Å². The van der Waals surface area contributed by atoms with Crippen LogP contribution in [0.15, 0.2) is 60.2 Å². The molecule has 0 aromatic heterocycles. The normalized spacial score (nSPS) is 19.1. The second-order valence-electron chi connectivity index (χ2n) is 5.28. The number of carbonyl (C=O) groups excluding carboxylic acids is 1. The van der Waals surface area contributed by atoms with Crippen LogP contribution in [-0.4, -0.2) is 26.0 Å². The first-order valence-electron chi connectivity index (χ1n) is 7.25. The van der Waals surface area contributed by atoms with E-state index < -0.39 is 27.7 Å². The van der Waals surface area contributed by atoms with E-state index in [4.69, 9.17) is 4.74 Å². The fourth-order valence-electron chi connectivity index (χ4n) is 2.30. The van der Waals surface area contributed by atoms with Crippen molar-refractivity contribution in [2.24, 2.45) is 0 Å². The molecule has 0 fully saturated rings. The molecule has 2 aromatic rings. The van der Waals surface area contributed by atoms with Crippen molar-refractivity contribution in [3.8, 4) is 5.75 Å². The molecule has 0 bridgehead atoms. The highest BCUT2D eigenvalue weighted by atomic mass is 32.2. The Hall–Kier alpha value is -2.65. The molecule has 1 aliphatic heterocycles. The predicted octanol–water partition coefficient (Wildman–Crippen LogP) is 3.54. The molecule has 0 radical (unpaired) electrons. The Labute approximate surface area is 146 Å². The van der Waals surface area contributed by atoms with Crippen molar-refractivity contribution in [1.82, 2.24) is 0 Å². The van der Waals surface area contributed by atoms with Gasteiger partial charge in [0.1, 0.15) is 5.75 Å². The third kappa shape index (κ3) is 3.49. The van der Waals surface area contributed by atoms with Gasteiger partial charge in [-0.25, -0.2) is 4.18 Å². The molecule has 0 saturated heterocycles. The average molecular weight is 384 g/mol. The molecule has 1 atom stereocenters.